The van der Waals surface area contributed by atoms with Crippen molar-refractivity contribution in [1.29, 1.82) is 0 Å². The second-order valence-corrected chi connectivity index (χ2v) is 14.1. The normalized spacial score (nSPS) is 25.6. The highest BCUT2D eigenvalue weighted by Crippen LogP contribution is 2.48. The lowest BCUT2D eigenvalue weighted by Crippen LogP contribution is -2.40. The lowest BCUT2D eigenvalue weighted by molar-refractivity contribution is -0.0647. The van der Waals surface area contributed by atoms with Crippen LogP contribution in [0.1, 0.15) is 131 Å². The molecule has 2 fully saturated rings. The Hall–Kier alpha value is -0.240. The van der Waals surface area contributed by atoms with Gasteiger partial charge in [0.05, 0.1) is 37.6 Å². The van der Waals surface area contributed by atoms with Gasteiger partial charge in [0.25, 0.3) is 0 Å². The minimum atomic E-state index is -0.387. The maximum atomic E-state index is 10.6. The molecule has 2 rings (SSSR count). The Labute approximate surface area is 254 Å². The van der Waals surface area contributed by atoms with E-state index in [1.165, 1.54) is 51.4 Å². The summed E-state index contributed by atoms with van der Waals surface area (Å²) in [7, 11) is 0. The van der Waals surface area contributed by atoms with Crippen molar-refractivity contribution in [2.75, 3.05) is 52.5 Å². The van der Waals surface area contributed by atoms with Crippen LogP contribution < -0.4 is 0 Å². The maximum absolute atomic E-state index is 10.6. The van der Waals surface area contributed by atoms with Gasteiger partial charge in [-0.05, 0) is 120 Å². The van der Waals surface area contributed by atoms with Gasteiger partial charge < -0.3 is 29.5 Å². The molecule has 6 heteroatoms. The highest BCUT2D eigenvalue weighted by atomic mass is 16.5. The summed E-state index contributed by atoms with van der Waals surface area (Å²) >= 11 is 0. The molecule has 2 unspecified atom stereocenters. The molecule has 0 saturated heterocycles. The molecule has 0 radical (unpaired) electrons. The van der Waals surface area contributed by atoms with Crippen molar-refractivity contribution in [2.24, 2.45) is 17.3 Å². The minimum absolute atomic E-state index is 0.303. The van der Waals surface area contributed by atoms with Crippen LogP contribution in [0, 0.1) is 17.3 Å². The number of nitrogens with zero attached hydrogens (tertiary/aromatic N) is 2. The van der Waals surface area contributed by atoms with Crippen LogP contribution in [0.4, 0.5) is 0 Å². The van der Waals surface area contributed by atoms with Crippen molar-refractivity contribution in [3.63, 3.8) is 0 Å². The quantitative estimate of drug-likeness (QED) is 0.145. The van der Waals surface area contributed by atoms with Crippen LogP contribution in [0.15, 0.2) is 0 Å². The summed E-state index contributed by atoms with van der Waals surface area (Å²) in [6.07, 6.45) is 16.3. The number of hydrogen-bond acceptors (Lipinski definition) is 6. The van der Waals surface area contributed by atoms with Crippen LogP contribution in [-0.4, -0.2) is 96.9 Å². The Bertz CT molecular complexity index is 580. The third-order valence-corrected chi connectivity index (χ3v) is 10.2. The van der Waals surface area contributed by atoms with E-state index in [0.29, 0.717) is 30.8 Å². The number of aliphatic hydroxyl groups excluding tert-OH is 2. The van der Waals surface area contributed by atoms with E-state index in [2.05, 4.69) is 51.3 Å². The fourth-order valence-electron chi connectivity index (χ4n) is 7.46. The standard InChI is InChI=1S/C35H70N2O4/c1-7-11-23-36(21-9-3)25-31(38)27-40-33-17-13-29(14-18-33)35(5,6)30-15-19-34(20-16-30)41-28-32(39)26-37(22-10-4)24-12-8-2/h29-34,38-39H,7-28H2,1-6H3. The molecule has 41 heavy (non-hydrogen) atoms. The Kier molecular flexibility index (Phi) is 18.6. The maximum Gasteiger partial charge on any atom is 0.0900 e. The number of rotatable bonds is 22. The molecular weight excluding hydrogens is 512 g/mol. The zero-order valence-corrected chi connectivity index (χ0v) is 28.1. The fraction of sp³-hybridized carbons (Fsp3) is 1.00. The van der Waals surface area contributed by atoms with E-state index in [-0.39, 0.29) is 12.2 Å². The highest BCUT2D eigenvalue weighted by molar-refractivity contribution is 4.91. The summed E-state index contributed by atoms with van der Waals surface area (Å²) in [6.45, 7) is 20.6. The average molecular weight is 583 g/mol. The number of aliphatic hydroxyl groups is 2. The molecule has 2 atom stereocenters. The van der Waals surface area contributed by atoms with E-state index in [1.807, 2.05) is 0 Å². The summed E-state index contributed by atoms with van der Waals surface area (Å²) in [6, 6.07) is 0. The van der Waals surface area contributed by atoms with Gasteiger partial charge in [0.1, 0.15) is 0 Å². The van der Waals surface area contributed by atoms with Crippen LogP contribution in [0.5, 0.6) is 0 Å². The summed E-state index contributed by atoms with van der Waals surface area (Å²) in [5.41, 5.74) is 0.342. The SMILES string of the molecule is CCCCN(CCC)CC(O)COC1CCC(C(C)(C)C2CCC(OCC(O)CN(CCC)CCCC)CC2)CC1. The zero-order chi connectivity index (χ0) is 30.1. The second kappa shape index (κ2) is 20.7. The lowest BCUT2D eigenvalue weighted by atomic mass is 9.60. The van der Waals surface area contributed by atoms with Gasteiger partial charge in [0.15, 0.2) is 0 Å². The molecule has 0 bridgehead atoms. The van der Waals surface area contributed by atoms with Crippen LogP contribution in [0.25, 0.3) is 0 Å². The van der Waals surface area contributed by atoms with Gasteiger partial charge in [-0.2, -0.15) is 0 Å². The van der Waals surface area contributed by atoms with E-state index < -0.39 is 0 Å². The molecule has 0 aromatic heterocycles. The van der Waals surface area contributed by atoms with Gasteiger partial charge in [-0.15, -0.1) is 0 Å². The molecule has 0 heterocycles. The Balaban J connectivity index is 1.67. The van der Waals surface area contributed by atoms with Gasteiger partial charge >= 0.3 is 0 Å². The number of hydrogen-bond donors (Lipinski definition) is 2. The van der Waals surface area contributed by atoms with Crippen LogP contribution in [0.2, 0.25) is 0 Å². The molecular formula is C35H70N2O4. The van der Waals surface area contributed by atoms with Crippen LogP contribution >= 0.6 is 0 Å². The number of unbranched alkanes of at least 4 members (excludes halogenated alkanes) is 2. The van der Waals surface area contributed by atoms with Crippen molar-refractivity contribution in [1.82, 2.24) is 9.80 Å². The van der Waals surface area contributed by atoms with Crippen molar-refractivity contribution in [2.45, 2.75) is 156 Å². The third-order valence-electron chi connectivity index (χ3n) is 10.2. The van der Waals surface area contributed by atoms with Crippen molar-refractivity contribution < 1.29 is 19.7 Å². The van der Waals surface area contributed by atoms with Gasteiger partial charge in [-0.1, -0.05) is 54.4 Å². The van der Waals surface area contributed by atoms with Crippen molar-refractivity contribution >= 4 is 0 Å². The largest absolute Gasteiger partial charge is 0.389 e. The average Bonchev–Trinajstić information content (AvgIpc) is 2.97. The first-order valence-electron chi connectivity index (χ1n) is 17.8. The monoisotopic (exact) mass is 583 g/mol. The molecule has 0 aliphatic heterocycles. The lowest BCUT2D eigenvalue weighted by Gasteiger charge is -2.46. The summed E-state index contributed by atoms with van der Waals surface area (Å²) in [5.74, 6) is 1.50. The van der Waals surface area contributed by atoms with E-state index in [1.54, 1.807) is 0 Å². The molecule has 2 aliphatic carbocycles. The first kappa shape index (κ1) is 36.9. The highest BCUT2D eigenvalue weighted by Gasteiger charge is 2.41. The molecule has 6 nitrogen and oxygen atoms in total. The van der Waals surface area contributed by atoms with E-state index in [9.17, 15) is 10.2 Å². The molecule has 2 saturated carbocycles. The molecule has 0 aromatic rings. The second-order valence-electron chi connectivity index (χ2n) is 14.1. The predicted octanol–water partition coefficient (Wildman–Crippen LogP) is 6.91. The van der Waals surface area contributed by atoms with Crippen molar-refractivity contribution in [3.05, 3.63) is 0 Å². The smallest absolute Gasteiger partial charge is 0.0900 e. The molecule has 0 aromatic carbocycles. The zero-order valence-electron chi connectivity index (χ0n) is 28.1. The summed E-state index contributed by atoms with van der Waals surface area (Å²) in [5, 5.41) is 21.2. The molecule has 2 N–H and O–H groups in total. The van der Waals surface area contributed by atoms with Crippen LogP contribution in [-0.2, 0) is 9.47 Å². The predicted molar refractivity (Wildman–Crippen MR) is 172 cm³/mol. The minimum Gasteiger partial charge on any atom is -0.389 e. The summed E-state index contributed by atoms with van der Waals surface area (Å²) in [4.78, 5) is 4.79. The van der Waals surface area contributed by atoms with Crippen LogP contribution in [0.3, 0.4) is 0 Å². The van der Waals surface area contributed by atoms with Gasteiger partial charge in [-0.25, -0.2) is 0 Å². The van der Waals surface area contributed by atoms with E-state index in [0.717, 1.165) is 89.6 Å². The van der Waals surface area contributed by atoms with Gasteiger partial charge in [0.2, 0.25) is 0 Å². The Morgan fingerprint density at radius 1 is 0.585 bits per heavy atom. The topological polar surface area (TPSA) is 65.4 Å². The molecule has 0 amide bonds. The summed E-state index contributed by atoms with van der Waals surface area (Å²) < 4.78 is 12.5. The first-order chi connectivity index (χ1) is 19.7. The Morgan fingerprint density at radius 2 is 0.951 bits per heavy atom. The molecule has 244 valence electrons. The molecule has 2 aliphatic rings. The Morgan fingerprint density at radius 3 is 1.27 bits per heavy atom. The fourth-order valence-corrected chi connectivity index (χ4v) is 7.46. The first-order valence-corrected chi connectivity index (χ1v) is 17.8. The molecule has 0 spiro atoms. The third kappa shape index (κ3) is 13.9. The van der Waals surface area contributed by atoms with Crippen molar-refractivity contribution in [3.8, 4) is 0 Å². The van der Waals surface area contributed by atoms with Gasteiger partial charge in [-0.3, -0.25) is 0 Å². The van der Waals surface area contributed by atoms with Gasteiger partial charge in [0, 0.05) is 13.1 Å². The van der Waals surface area contributed by atoms with E-state index >= 15 is 0 Å². The number of ether oxygens (including phenoxy) is 2. The van der Waals surface area contributed by atoms with E-state index in [4.69, 9.17) is 9.47 Å².